The van der Waals surface area contributed by atoms with Gasteiger partial charge in [-0.05, 0) is 13.3 Å². The quantitative estimate of drug-likeness (QED) is 0.599. The second kappa shape index (κ2) is 12.5. The molecule has 11 heavy (non-hydrogen) atoms. The molecule has 0 aliphatic heterocycles. The lowest BCUT2D eigenvalue weighted by molar-refractivity contribution is 0.180. The molecule has 0 aromatic rings. The van der Waals surface area contributed by atoms with Crippen molar-refractivity contribution in [3.05, 3.63) is 0 Å². The average molecular weight is 166 g/mol. The lowest BCUT2D eigenvalue weighted by Crippen LogP contribution is -1.97. The van der Waals surface area contributed by atoms with E-state index in [1.807, 2.05) is 6.92 Å². The highest BCUT2D eigenvalue weighted by atomic mass is 16.3. The highest BCUT2D eigenvalue weighted by molar-refractivity contribution is 4.47. The first-order chi connectivity index (χ1) is 4.27. The smallest absolute Gasteiger partial charge is 0.0512 e. The minimum atomic E-state index is -0.0955. The van der Waals surface area contributed by atoms with Crippen molar-refractivity contribution in [2.75, 3.05) is 0 Å². The number of aliphatic hydroxyl groups excluding tert-OH is 1. The third-order valence-electron chi connectivity index (χ3n) is 1.48. The van der Waals surface area contributed by atoms with E-state index in [9.17, 15) is 0 Å². The molecule has 0 aromatic carbocycles. The fourth-order valence-electron chi connectivity index (χ4n) is 0.867. The van der Waals surface area contributed by atoms with Crippen molar-refractivity contribution < 1.29 is 16.1 Å². The van der Waals surface area contributed by atoms with E-state index in [-0.39, 0.29) is 17.1 Å². The molecule has 0 spiro atoms. The van der Waals surface area contributed by atoms with Gasteiger partial charge < -0.3 is 16.1 Å². The van der Waals surface area contributed by atoms with Crippen molar-refractivity contribution >= 4 is 0 Å². The van der Waals surface area contributed by atoms with Crippen LogP contribution in [0.25, 0.3) is 0 Å². The standard InChI is InChI=1S/C8H18O.2H2O/c1-3-4-5-6-7-8(2)9;;/h8-9H,3-7H2,1-2H3;2*1H2. The molecule has 0 amide bonds. The summed E-state index contributed by atoms with van der Waals surface area (Å²) in [6.07, 6.45) is 5.93. The Morgan fingerprint density at radius 2 is 1.64 bits per heavy atom. The molecule has 3 heteroatoms. The summed E-state index contributed by atoms with van der Waals surface area (Å²) >= 11 is 0. The molecular weight excluding hydrogens is 144 g/mol. The van der Waals surface area contributed by atoms with E-state index in [1.165, 1.54) is 25.7 Å². The van der Waals surface area contributed by atoms with E-state index >= 15 is 0 Å². The third-order valence-corrected chi connectivity index (χ3v) is 1.48. The summed E-state index contributed by atoms with van der Waals surface area (Å²) in [6, 6.07) is 0. The van der Waals surface area contributed by atoms with Crippen molar-refractivity contribution in [3.63, 3.8) is 0 Å². The zero-order valence-corrected chi connectivity index (χ0v) is 7.56. The number of unbranched alkanes of at least 4 members (excludes halogenated alkanes) is 3. The Bertz CT molecular complexity index is 55.3. The number of hydrogen-bond acceptors (Lipinski definition) is 1. The molecule has 0 aliphatic carbocycles. The molecule has 5 N–H and O–H groups in total. The topological polar surface area (TPSA) is 83.2 Å². The monoisotopic (exact) mass is 166 g/mol. The van der Waals surface area contributed by atoms with Gasteiger partial charge in [0.2, 0.25) is 0 Å². The second-order valence-electron chi connectivity index (χ2n) is 2.70. The molecule has 0 bridgehead atoms. The summed E-state index contributed by atoms with van der Waals surface area (Å²) in [4.78, 5) is 0. The largest absolute Gasteiger partial charge is 0.412 e. The van der Waals surface area contributed by atoms with Crippen LogP contribution in [-0.4, -0.2) is 22.2 Å². The fraction of sp³-hybridized carbons (Fsp3) is 1.00. The highest BCUT2D eigenvalue weighted by Gasteiger charge is 1.93. The maximum Gasteiger partial charge on any atom is 0.0512 e. The molecule has 1 unspecified atom stereocenters. The molecule has 3 nitrogen and oxygen atoms in total. The summed E-state index contributed by atoms with van der Waals surface area (Å²) in [5.74, 6) is 0. The van der Waals surface area contributed by atoms with Crippen LogP contribution in [0.1, 0.15) is 46.0 Å². The van der Waals surface area contributed by atoms with Crippen LogP contribution in [0.2, 0.25) is 0 Å². The normalized spacial score (nSPS) is 11.2. The summed E-state index contributed by atoms with van der Waals surface area (Å²) in [5.41, 5.74) is 0. The lowest BCUT2D eigenvalue weighted by atomic mass is 10.1. The van der Waals surface area contributed by atoms with Gasteiger partial charge in [0.05, 0.1) is 6.10 Å². The first kappa shape index (κ1) is 17.1. The van der Waals surface area contributed by atoms with E-state index in [0.29, 0.717) is 0 Å². The fourth-order valence-corrected chi connectivity index (χ4v) is 0.867. The molecule has 0 saturated heterocycles. The van der Waals surface area contributed by atoms with Gasteiger partial charge in [-0.15, -0.1) is 0 Å². The van der Waals surface area contributed by atoms with Crippen molar-refractivity contribution in [2.24, 2.45) is 0 Å². The predicted octanol–water partition coefficient (Wildman–Crippen LogP) is 0.688. The van der Waals surface area contributed by atoms with Crippen LogP contribution in [-0.2, 0) is 0 Å². The number of rotatable bonds is 5. The molecule has 0 aromatic heterocycles. The summed E-state index contributed by atoms with van der Waals surface area (Å²) in [5, 5.41) is 8.85. The zero-order valence-electron chi connectivity index (χ0n) is 7.56. The molecule has 0 fully saturated rings. The first-order valence-corrected chi connectivity index (χ1v) is 3.95. The van der Waals surface area contributed by atoms with Gasteiger partial charge in [-0.25, -0.2) is 0 Å². The van der Waals surface area contributed by atoms with Gasteiger partial charge in [0.15, 0.2) is 0 Å². The van der Waals surface area contributed by atoms with Gasteiger partial charge in [-0.1, -0.05) is 32.6 Å². The SMILES string of the molecule is CCCCCCC(C)O.O.O. The van der Waals surface area contributed by atoms with E-state index in [2.05, 4.69) is 6.92 Å². The van der Waals surface area contributed by atoms with Gasteiger partial charge in [0, 0.05) is 0 Å². The van der Waals surface area contributed by atoms with Crippen molar-refractivity contribution in [1.29, 1.82) is 0 Å². The van der Waals surface area contributed by atoms with Crippen LogP contribution in [0.4, 0.5) is 0 Å². The minimum absolute atomic E-state index is 0. The molecule has 0 aliphatic rings. The van der Waals surface area contributed by atoms with Crippen molar-refractivity contribution in [3.8, 4) is 0 Å². The predicted molar refractivity (Wildman–Crippen MR) is 47.7 cm³/mol. The molecule has 0 rings (SSSR count). The molecule has 72 valence electrons. The zero-order chi connectivity index (χ0) is 7.11. The summed E-state index contributed by atoms with van der Waals surface area (Å²) < 4.78 is 0. The number of hydrogen-bond donors (Lipinski definition) is 1. The third kappa shape index (κ3) is 17.7. The Hall–Kier alpha value is -0.120. The van der Waals surface area contributed by atoms with Gasteiger partial charge in [-0.3, -0.25) is 0 Å². The maximum absolute atomic E-state index is 8.85. The highest BCUT2D eigenvalue weighted by Crippen LogP contribution is 2.04. The Balaban J connectivity index is -0.000000320. The van der Waals surface area contributed by atoms with E-state index in [0.717, 1.165) is 6.42 Å². The summed E-state index contributed by atoms with van der Waals surface area (Å²) in [7, 11) is 0. The molecule has 1 atom stereocenters. The van der Waals surface area contributed by atoms with Gasteiger partial charge in [0.25, 0.3) is 0 Å². The van der Waals surface area contributed by atoms with E-state index in [4.69, 9.17) is 5.11 Å². The summed E-state index contributed by atoms with van der Waals surface area (Å²) in [6.45, 7) is 4.05. The molecule has 0 heterocycles. The van der Waals surface area contributed by atoms with Crippen LogP contribution < -0.4 is 0 Å². The lowest BCUT2D eigenvalue weighted by Gasteiger charge is -2.01. The second-order valence-corrected chi connectivity index (χ2v) is 2.70. The van der Waals surface area contributed by atoms with Gasteiger partial charge >= 0.3 is 0 Å². The average Bonchev–Trinajstić information content (AvgIpc) is 1.80. The van der Waals surface area contributed by atoms with Gasteiger partial charge in [0.1, 0.15) is 0 Å². The molecular formula is C8H22O3. The van der Waals surface area contributed by atoms with Crippen LogP contribution in [0.3, 0.4) is 0 Å². The Kier molecular flexibility index (Phi) is 19.5. The molecule has 0 radical (unpaired) electrons. The number of aliphatic hydroxyl groups is 1. The van der Waals surface area contributed by atoms with Crippen LogP contribution >= 0.6 is 0 Å². The Morgan fingerprint density at radius 1 is 1.09 bits per heavy atom. The minimum Gasteiger partial charge on any atom is -0.412 e. The Labute approximate surface area is 69.0 Å². The van der Waals surface area contributed by atoms with E-state index < -0.39 is 0 Å². The van der Waals surface area contributed by atoms with Crippen molar-refractivity contribution in [2.45, 2.75) is 52.1 Å². The van der Waals surface area contributed by atoms with Crippen molar-refractivity contribution in [1.82, 2.24) is 0 Å². The van der Waals surface area contributed by atoms with E-state index in [1.54, 1.807) is 0 Å². The maximum atomic E-state index is 8.85. The van der Waals surface area contributed by atoms with Crippen LogP contribution in [0, 0.1) is 0 Å². The van der Waals surface area contributed by atoms with Crippen LogP contribution in [0.5, 0.6) is 0 Å². The van der Waals surface area contributed by atoms with Gasteiger partial charge in [-0.2, -0.15) is 0 Å². The Morgan fingerprint density at radius 3 is 2.00 bits per heavy atom. The van der Waals surface area contributed by atoms with Crippen LogP contribution in [0.15, 0.2) is 0 Å². The molecule has 0 saturated carbocycles. The first-order valence-electron chi connectivity index (χ1n) is 3.95.